The number of allylic oxidation sites excluding steroid dienone is 1. The summed E-state index contributed by atoms with van der Waals surface area (Å²) >= 11 is 0. The zero-order valence-electron chi connectivity index (χ0n) is 5.97. The SMILES string of the molecule is C/C=C(\C([O])=O)C(C)C. The summed E-state index contributed by atoms with van der Waals surface area (Å²) in [7, 11) is 0. The molecule has 0 aliphatic heterocycles. The Kier molecular flexibility index (Phi) is 2.99. The summed E-state index contributed by atoms with van der Waals surface area (Å²) < 4.78 is 0. The summed E-state index contributed by atoms with van der Waals surface area (Å²) in [5.41, 5.74) is 0.370. The van der Waals surface area contributed by atoms with Crippen molar-refractivity contribution in [1.82, 2.24) is 0 Å². The minimum absolute atomic E-state index is 0.0556. The molecule has 0 atom stereocenters. The molecule has 51 valence electrons. The van der Waals surface area contributed by atoms with Crippen LogP contribution < -0.4 is 0 Å². The fourth-order valence-electron chi connectivity index (χ4n) is 0.687. The van der Waals surface area contributed by atoms with Gasteiger partial charge in [-0.2, -0.15) is 0 Å². The summed E-state index contributed by atoms with van der Waals surface area (Å²) in [5.74, 6) is -1.01. The maximum atomic E-state index is 10.2. The molecular formula is C7H11O2. The van der Waals surface area contributed by atoms with Gasteiger partial charge in [0.15, 0.2) is 0 Å². The molecule has 0 spiro atoms. The Morgan fingerprint density at radius 1 is 1.44 bits per heavy atom. The average Bonchev–Trinajstić information content (AvgIpc) is 1.64. The van der Waals surface area contributed by atoms with Crippen LogP contribution in [0.2, 0.25) is 0 Å². The highest BCUT2D eigenvalue weighted by molar-refractivity contribution is 5.86. The number of hydrogen-bond donors (Lipinski definition) is 0. The van der Waals surface area contributed by atoms with E-state index < -0.39 is 5.97 Å². The van der Waals surface area contributed by atoms with Gasteiger partial charge in [-0.05, 0) is 12.8 Å². The van der Waals surface area contributed by atoms with E-state index in [0.29, 0.717) is 5.57 Å². The van der Waals surface area contributed by atoms with Crippen molar-refractivity contribution in [2.75, 3.05) is 0 Å². The lowest BCUT2D eigenvalue weighted by molar-refractivity contribution is -0.139. The normalized spacial score (nSPS) is 12.2. The fourth-order valence-corrected chi connectivity index (χ4v) is 0.687. The van der Waals surface area contributed by atoms with Crippen LogP contribution in [0.5, 0.6) is 0 Å². The van der Waals surface area contributed by atoms with Crippen LogP contribution in [0.25, 0.3) is 0 Å². The molecule has 2 heteroatoms. The highest BCUT2D eigenvalue weighted by Gasteiger charge is 2.10. The molecule has 1 radical (unpaired) electrons. The van der Waals surface area contributed by atoms with Gasteiger partial charge in [0.2, 0.25) is 0 Å². The van der Waals surface area contributed by atoms with Crippen LogP contribution in [0.15, 0.2) is 11.6 Å². The zero-order valence-corrected chi connectivity index (χ0v) is 5.97. The standard InChI is InChI=1S/C7H11O2/c1-4-6(5(2)3)7(8)9/h4-5H,1-3H3/b6-4-. The Bertz CT molecular complexity index is 134. The lowest BCUT2D eigenvalue weighted by Gasteiger charge is -2.00. The summed E-state index contributed by atoms with van der Waals surface area (Å²) in [6.07, 6.45) is 1.57. The van der Waals surface area contributed by atoms with E-state index in [-0.39, 0.29) is 5.92 Å². The largest absolute Gasteiger partial charge is 0.382 e. The molecule has 0 heterocycles. The van der Waals surface area contributed by atoms with E-state index in [9.17, 15) is 9.90 Å². The van der Waals surface area contributed by atoms with E-state index in [1.165, 1.54) is 0 Å². The van der Waals surface area contributed by atoms with Crippen molar-refractivity contribution in [3.63, 3.8) is 0 Å². The molecule has 0 N–H and O–H groups in total. The summed E-state index contributed by atoms with van der Waals surface area (Å²) in [5, 5.41) is 10.2. The summed E-state index contributed by atoms with van der Waals surface area (Å²) in [6.45, 7) is 5.35. The third-order valence-corrected chi connectivity index (χ3v) is 1.17. The van der Waals surface area contributed by atoms with Crippen molar-refractivity contribution in [2.24, 2.45) is 5.92 Å². The molecule has 0 saturated heterocycles. The number of carbonyl (C=O) groups excluding carboxylic acids is 1. The maximum absolute atomic E-state index is 10.2. The molecule has 0 aliphatic carbocycles. The molecular weight excluding hydrogens is 116 g/mol. The van der Waals surface area contributed by atoms with Gasteiger partial charge in [0.25, 0.3) is 0 Å². The zero-order chi connectivity index (χ0) is 7.44. The predicted octanol–water partition coefficient (Wildman–Crippen LogP) is 1.55. The minimum Gasteiger partial charge on any atom is -0.242 e. The van der Waals surface area contributed by atoms with Crippen LogP contribution in [0.1, 0.15) is 20.8 Å². The Labute approximate surface area is 55.2 Å². The molecule has 0 aromatic rings. The topological polar surface area (TPSA) is 37.0 Å². The molecule has 9 heavy (non-hydrogen) atoms. The van der Waals surface area contributed by atoms with Crippen molar-refractivity contribution in [3.05, 3.63) is 11.6 Å². The van der Waals surface area contributed by atoms with Crippen molar-refractivity contribution >= 4 is 5.97 Å². The third-order valence-electron chi connectivity index (χ3n) is 1.17. The van der Waals surface area contributed by atoms with Gasteiger partial charge in [0.1, 0.15) is 0 Å². The van der Waals surface area contributed by atoms with E-state index in [1.807, 2.05) is 13.8 Å². The van der Waals surface area contributed by atoms with E-state index in [0.717, 1.165) is 0 Å². The second-order valence-electron chi connectivity index (χ2n) is 2.19. The van der Waals surface area contributed by atoms with Crippen molar-refractivity contribution < 1.29 is 9.90 Å². The Morgan fingerprint density at radius 3 is 1.89 bits per heavy atom. The van der Waals surface area contributed by atoms with Gasteiger partial charge in [0.05, 0.1) is 0 Å². The monoisotopic (exact) mass is 127 g/mol. The maximum Gasteiger partial charge on any atom is 0.382 e. The molecule has 0 rings (SSSR count). The van der Waals surface area contributed by atoms with Crippen LogP contribution in [-0.4, -0.2) is 5.97 Å². The van der Waals surface area contributed by atoms with E-state index in [1.54, 1.807) is 13.0 Å². The number of carbonyl (C=O) groups is 1. The molecule has 0 fully saturated rings. The quantitative estimate of drug-likeness (QED) is 0.518. The molecule has 2 nitrogen and oxygen atoms in total. The number of rotatable bonds is 2. The summed E-state index contributed by atoms with van der Waals surface area (Å²) in [6, 6.07) is 0. The fraction of sp³-hybridized carbons (Fsp3) is 0.571. The molecule has 0 aromatic heterocycles. The average molecular weight is 127 g/mol. The van der Waals surface area contributed by atoms with E-state index >= 15 is 0 Å². The highest BCUT2D eigenvalue weighted by atomic mass is 16.4. The Hall–Kier alpha value is -0.790. The van der Waals surface area contributed by atoms with Crippen LogP contribution in [0.4, 0.5) is 0 Å². The lowest BCUT2D eigenvalue weighted by Crippen LogP contribution is -2.04. The smallest absolute Gasteiger partial charge is 0.242 e. The molecule has 0 bridgehead atoms. The van der Waals surface area contributed by atoms with Gasteiger partial charge in [-0.25, -0.2) is 9.90 Å². The molecule has 0 saturated carbocycles. The van der Waals surface area contributed by atoms with Gasteiger partial charge in [-0.1, -0.05) is 19.9 Å². The predicted molar refractivity (Wildman–Crippen MR) is 34.3 cm³/mol. The van der Waals surface area contributed by atoms with Crippen LogP contribution in [0, 0.1) is 5.92 Å². The lowest BCUT2D eigenvalue weighted by atomic mass is 10.0. The summed E-state index contributed by atoms with van der Waals surface area (Å²) in [4.78, 5) is 10.2. The van der Waals surface area contributed by atoms with Crippen LogP contribution in [-0.2, 0) is 9.90 Å². The van der Waals surface area contributed by atoms with Gasteiger partial charge in [-0.3, -0.25) is 0 Å². The van der Waals surface area contributed by atoms with Crippen molar-refractivity contribution in [3.8, 4) is 0 Å². The molecule has 0 amide bonds. The third kappa shape index (κ3) is 2.31. The number of hydrogen-bond acceptors (Lipinski definition) is 1. The highest BCUT2D eigenvalue weighted by Crippen LogP contribution is 2.08. The molecule has 0 unspecified atom stereocenters. The van der Waals surface area contributed by atoms with Crippen molar-refractivity contribution in [2.45, 2.75) is 20.8 Å². The van der Waals surface area contributed by atoms with Crippen LogP contribution in [0.3, 0.4) is 0 Å². The first-order valence-electron chi connectivity index (χ1n) is 2.97. The van der Waals surface area contributed by atoms with Gasteiger partial charge < -0.3 is 0 Å². The first kappa shape index (κ1) is 8.21. The van der Waals surface area contributed by atoms with Gasteiger partial charge >= 0.3 is 5.97 Å². The Morgan fingerprint density at radius 2 is 1.89 bits per heavy atom. The minimum atomic E-state index is -1.06. The van der Waals surface area contributed by atoms with E-state index in [2.05, 4.69) is 0 Å². The van der Waals surface area contributed by atoms with E-state index in [4.69, 9.17) is 0 Å². The molecule has 0 aromatic carbocycles. The second kappa shape index (κ2) is 3.28. The van der Waals surface area contributed by atoms with Gasteiger partial charge in [0, 0.05) is 5.57 Å². The Balaban J connectivity index is 4.19. The van der Waals surface area contributed by atoms with Gasteiger partial charge in [-0.15, -0.1) is 0 Å². The molecule has 0 aliphatic rings. The first-order valence-corrected chi connectivity index (χ1v) is 2.97. The second-order valence-corrected chi connectivity index (χ2v) is 2.19. The first-order chi connectivity index (χ1) is 4.09. The van der Waals surface area contributed by atoms with Crippen molar-refractivity contribution in [1.29, 1.82) is 0 Å². The van der Waals surface area contributed by atoms with Crippen LogP contribution >= 0.6 is 0 Å².